The van der Waals surface area contributed by atoms with Gasteiger partial charge in [-0.2, -0.15) is 5.10 Å². The van der Waals surface area contributed by atoms with Crippen molar-refractivity contribution < 1.29 is 4.79 Å². The van der Waals surface area contributed by atoms with E-state index >= 15 is 0 Å². The summed E-state index contributed by atoms with van der Waals surface area (Å²) < 4.78 is 2.69. The number of nitrogens with zero attached hydrogens (tertiary/aromatic N) is 3. The number of benzene rings is 1. The summed E-state index contributed by atoms with van der Waals surface area (Å²) in [5.41, 5.74) is 1.81. The maximum absolute atomic E-state index is 12.1. The van der Waals surface area contributed by atoms with Gasteiger partial charge in [-0.05, 0) is 25.5 Å². The molecule has 0 unspecified atom stereocenters. The highest BCUT2D eigenvalue weighted by molar-refractivity contribution is 9.10. The largest absolute Gasteiger partial charge is 0.294 e. The molecule has 0 aliphatic heterocycles. The SMILES string of the molecule is CCn1ncnc1CC(=O)c1ccc(C)c(Br)c1. The Morgan fingerprint density at radius 1 is 1.44 bits per heavy atom. The monoisotopic (exact) mass is 307 g/mol. The molecule has 1 aromatic heterocycles. The van der Waals surface area contributed by atoms with E-state index in [2.05, 4.69) is 26.0 Å². The van der Waals surface area contributed by atoms with Gasteiger partial charge in [-0.3, -0.25) is 4.79 Å². The molecule has 0 fully saturated rings. The van der Waals surface area contributed by atoms with Crippen LogP contribution >= 0.6 is 15.9 Å². The maximum Gasteiger partial charge on any atom is 0.170 e. The number of hydrogen-bond donors (Lipinski definition) is 0. The third-order valence-electron chi connectivity index (χ3n) is 2.81. The van der Waals surface area contributed by atoms with E-state index in [0.29, 0.717) is 11.4 Å². The minimum atomic E-state index is 0.0541. The van der Waals surface area contributed by atoms with Crippen LogP contribution in [0.5, 0.6) is 0 Å². The normalized spacial score (nSPS) is 10.6. The zero-order valence-corrected chi connectivity index (χ0v) is 11.9. The van der Waals surface area contributed by atoms with Gasteiger partial charge in [0.25, 0.3) is 0 Å². The molecular weight excluding hydrogens is 294 g/mol. The lowest BCUT2D eigenvalue weighted by Gasteiger charge is -2.04. The van der Waals surface area contributed by atoms with Crippen LogP contribution < -0.4 is 0 Å². The molecule has 0 saturated heterocycles. The summed E-state index contributed by atoms with van der Waals surface area (Å²) in [5, 5.41) is 4.06. The van der Waals surface area contributed by atoms with Gasteiger partial charge in [0.2, 0.25) is 0 Å². The van der Waals surface area contributed by atoms with Crippen molar-refractivity contribution in [1.29, 1.82) is 0 Å². The van der Waals surface area contributed by atoms with E-state index in [1.54, 1.807) is 4.68 Å². The fourth-order valence-corrected chi connectivity index (χ4v) is 2.08. The molecule has 1 heterocycles. The summed E-state index contributed by atoms with van der Waals surface area (Å²) in [4.78, 5) is 16.3. The minimum Gasteiger partial charge on any atom is -0.294 e. The Morgan fingerprint density at radius 3 is 2.89 bits per heavy atom. The molecular formula is C13H14BrN3O. The second-order valence-corrected chi connectivity index (χ2v) is 4.91. The molecule has 5 heteroatoms. The number of aryl methyl sites for hydroxylation is 2. The number of ketones is 1. The van der Waals surface area contributed by atoms with Gasteiger partial charge < -0.3 is 0 Å². The molecule has 0 amide bonds. The van der Waals surface area contributed by atoms with Crippen molar-refractivity contribution in [2.45, 2.75) is 26.8 Å². The predicted octanol–water partition coefficient (Wildman–Crippen LogP) is 2.79. The molecule has 1 aromatic carbocycles. The molecule has 0 aliphatic rings. The van der Waals surface area contributed by atoms with Crippen molar-refractivity contribution in [2.75, 3.05) is 0 Å². The van der Waals surface area contributed by atoms with Gasteiger partial charge in [-0.1, -0.05) is 28.1 Å². The number of rotatable bonds is 4. The van der Waals surface area contributed by atoms with Crippen LogP contribution in [0.15, 0.2) is 29.0 Å². The maximum atomic E-state index is 12.1. The summed E-state index contributed by atoms with van der Waals surface area (Å²) in [6.45, 7) is 4.69. The third-order valence-corrected chi connectivity index (χ3v) is 3.66. The molecule has 18 heavy (non-hydrogen) atoms. The first kappa shape index (κ1) is 13.0. The summed E-state index contributed by atoms with van der Waals surface area (Å²) >= 11 is 3.44. The van der Waals surface area contributed by atoms with Gasteiger partial charge in [0, 0.05) is 16.6 Å². The van der Waals surface area contributed by atoms with Crippen molar-refractivity contribution in [2.24, 2.45) is 0 Å². The quantitative estimate of drug-likeness (QED) is 0.816. The van der Waals surface area contributed by atoms with Crippen LogP contribution in [0.1, 0.15) is 28.7 Å². The zero-order valence-electron chi connectivity index (χ0n) is 10.4. The van der Waals surface area contributed by atoms with E-state index in [0.717, 1.165) is 16.6 Å². The van der Waals surface area contributed by atoms with Crippen LogP contribution in [0.3, 0.4) is 0 Å². The van der Waals surface area contributed by atoms with Gasteiger partial charge in [0.15, 0.2) is 5.78 Å². The molecule has 0 atom stereocenters. The Labute approximate surface area is 114 Å². The van der Waals surface area contributed by atoms with Crippen molar-refractivity contribution in [3.8, 4) is 0 Å². The average molecular weight is 308 g/mol. The fourth-order valence-electron chi connectivity index (χ4n) is 1.70. The molecule has 2 aromatic rings. The lowest BCUT2D eigenvalue weighted by molar-refractivity contribution is 0.0989. The minimum absolute atomic E-state index is 0.0541. The van der Waals surface area contributed by atoms with E-state index in [1.165, 1.54) is 6.33 Å². The highest BCUT2D eigenvalue weighted by Gasteiger charge is 2.12. The number of halogens is 1. The molecule has 2 rings (SSSR count). The van der Waals surface area contributed by atoms with Crippen LogP contribution in [0.25, 0.3) is 0 Å². The van der Waals surface area contributed by atoms with Crippen LogP contribution in [0.4, 0.5) is 0 Å². The number of hydrogen-bond acceptors (Lipinski definition) is 3. The fraction of sp³-hybridized carbons (Fsp3) is 0.308. The van der Waals surface area contributed by atoms with Crippen molar-refractivity contribution >= 4 is 21.7 Å². The van der Waals surface area contributed by atoms with Crippen molar-refractivity contribution in [3.63, 3.8) is 0 Å². The van der Waals surface area contributed by atoms with Crippen LogP contribution in [0.2, 0.25) is 0 Å². The molecule has 4 nitrogen and oxygen atoms in total. The summed E-state index contributed by atoms with van der Waals surface area (Å²) in [7, 11) is 0. The molecule has 0 spiro atoms. The lowest BCUT2D eigenvalue weighted by Crippen LogP contribution is -2.10. The Morgan fingerprint density at radius 2 is 2.22 bits per heavy atom. The van der Waals surface area contributed by atoms with E-state index in [-0.39, 0.29) is 12.2 Å². The summed E-state index contributed by atoms with van der Waals surface area (Å²) in [6, 6.07) is 5.63. The lowest BCUT2D eigenvalue weighted by atomic mass is 10.1. The Kier molecular flexibility index (Phi) is 3.91. The molecule has 0 N–H and O–H groups in total. The van der Waals surface area contributed by atoms with E-state index in [1.807, 2.05) is 32.0 Å². The first-order chi connectivity index (χ1) is 8.61. The molecule has 0 radical (unpaired) electrons. The van der Waals surface area contributed by atoms with Gasteiger partial charge in [0.1, 0.15) is 12.2 Å². The second kappa shape index (κ2) is 5.44. The number of aromatic nitrogens is 3. The molecule has 94 valence electrons. The second-order valence-electron chi connectivity index (χ2n) is 4.06. The van der Waals surface area contributed by atoms with E-state index in [4.69, 9.17) is 0 Å². The number of carbonyl (C=O) groups excluding carboxylic acids is 1. The Bertz CT molecular complexity index is 577. The third kappa shape index (κ3) is 2.67. The first-order valence-electron chi connectivity index (χ1n) is 5.78. The Balaban J connectivity index is 2.19. The highest BCUT2D eigenvalue weighted by atomic mass is 79.9. The van der Waals surface area contributed by atoms with Crippen LogP contribution in [-0.2, 0) is 13.0 Å². The zero-order chi connectivity index (χ0) is 13.1. The summed E-state index contributed by atoms with van der Waals surface area (Å²) in [6.07, 6.45) is 1.76. The molecule has 0 saturated carbocycles. The van der Waals surface area contributed by atoms with Gasteiger partial charge in [0.05, 0.1) is 6.42 Å². The van der Waals surface area contributed by atoms with Gasteiger partial charge >= 0.3 is 0 Å². The standard InChI is InChI=1S/C13H14BrN3O/c1-3-17-13(15-8-16-17)7-12(18)10-5-4-9(2)11(14)6-10/h4-6,8H,3,7H2,1-2H3. The van der Waals surface area contributed by atoms with Crippen molar-refractivity contribution in [3.05, 3.63) is 46.0 Å². The molecule has 0 aliphatic carbocycles. The topological polar surface area (TPSA) is 47.8 Å². The Hall–Kier alpha value is -1.49. The number of Topliss-reactive ketones (excluding diaryl/α,β-unsaturated/α-hetero) is 1. The van der Waals surface area contributed by atoms with Gasteiger partial charge in [-0.15, -0.1) is 0 Å². The smallest absolute Gasteiger partial charge is 0.170 e. The molecule has 0 bridgehead atoms. The highest BCUT2D eigenvalue weighted by Crippen LogP contribution is 2.18. The van der Waals surface area contributed by atoms with Gasteiger partial charge in [-0.25, -0.2) is 9.67 Å². The predicted molar refractivity (Wildman–Crippen MR) is 72.6 cm³/mol. The van der Waals surface area contributed by atoms with Crippen molar-refractivity contribution in [1.82, 2.24) is 14.8 Å². The van der Waals surface area contributed by atoms with E-state index in [9.17, 15) is 4.79 Å². The summed E-state index contributed by atoms with van der Waals surface area (Å²) in [5.74, 6) is 0.762. The number of carbonyl (C=O) groups is 1. The average Bonchev–Trinajstić information content (AvgIpc) is 2.79. The van der Waals surface area contributed by atoms with Crippen LogP contribution in [0, 0.1) is 6.92 Å². The van der Waals surface area contributed by atoms with E-state index < -0.39 is 0 Å². The first-order valence-corrected chi connectivity index (χ1v) is 6.57. The van der Waals surface area contributed by atoms with Crippen LogP contribution in [-0.4, -0.2) is 20.5 Å².